The van der Waals surface area contributed by atoms with E-state index in [1.165, 1.54) is 22.5 Å². The molecule has 1 aliphatic rings. The first-order chi connectivity index (χ1) is 14.3. The van der Waals surface area contributed by atoms with Crippen molar-refractivity contribution in [2.75, 3.05) is 13.1 Å². The van der Waals surface area contributed by atoms with E-state index in [-0.39, 0.29) is 16.0 Å². The van der Waals surface area contributed by atoms with Crippen LogP contribution in [0.3, 0.4) is 0 Å². The zero-order valence-electron chi connectivity index (χ0n) is 16.9. The number of fused-ring (bicyclic) bond motifs is 1. The molecule has 160 valence electrons. The fourth-order valence-corrected chi connectivity index (χ4v) is 5.86. The summed E-state index contributed by atoms with van der Waals surface area (Å²) in [6, 6.07) is 8.48. The molecule has 30 heavy (non-hydrogen) atoms. The fourth-order valence-electron chi connectivity index (χ4n) is 4.00. The zero-order valence-corrected chi connectivity index (χ0v) is 19.3. The molecular formula is C21H24Cl2N4O2S. The zero-order chi connectivity index (χ0) is 21.5. The first-order valence-corrected chi connectivity index (χ1v) is 12.2. The van der Waals surface area contributed by atoms with Gasteiger partial charge in [-0.15, -0.1) is 0 Å². The third-order valence-corrected chi connectivity index (χ3v) is 8.06. The summed E-state index contributed by atoms with van der Waals surface area (Å²) in [6.45, 7) is 5.20. The molecule has 3 aromatic rings. The molecule has 0 amide bonds. The van der Waals surface area contributed by atoms with Crippen LogP contribution in [0.2, 0.25) is 10.0 Å². The molecule has 0 aliphatic carbocycles. The van der Waals surface area contributed by atoms with Crippen molar-refractivity contribution in [1.29, 1.82) is 0 Å². The Labute approximate surface area is 186 Å². The van der Waals surface area contributed by atoms with Gasteiger partial charge in [-0.05, 0) is 49.1 Å². The van der Waals surface area contributed by atoms with Crippen LogP contribution in [0.15, 0.2) is 41.4 Å². The molecule has 1 fully saturated rings. The number of hydrogen-bond donors (Lipinski definition) is 0. The van der Waals surface area contributed by atoms with Crippen molar-refractivity contribution >= 4 is 44.4 Å². The molecule has 4 rings (SSSR count). The van der Waals surface area contributed by atoms with E-state index in [1.807, 2.05) is 12.1 Å². The molecule has 0 atom stereocenters. The van der Waals surface area contributed by atoms with Gasteiger partial charge >= 0.3 is 0 Å². The number of piperidine rings is 1. The highest BCUT2D eigenvalue weighted by Crippen LogP contribution is 2.32. The molecule has 3 heterocycles. The largest absolute Gasteiger partial charge is 0.309 e. The maximum atomic E-state index is 13.1. The molecule has 1 aromatic carbocycles. The van der Waals surface area contributed by atoms with Gasteiger partial charge in [-0.2, -0.15) is 4.31 Å². The molecule has 9 heteroatoms. The van der Waals surface area contributed by atoms with E-state index < -0.39 is 10.0 Å². The van der Waals surface area contributed by atoms with E-state index in [2.05, 4.69) is 23.4 Å². The second-order valence-corrected chi connectivity index (χ2v) is 10.8. The van der Waals surface area contributed by atoms with Crippen molar-refractivity contribution in [3.05, 3.63) is 52.4 Å². The van der Waals surface area contributed by atoms with Crippen LogP contribution in [0.4, 0.5) is 0 Å². The Morgan fingerprint density at radius 3 is 2.53 bits per heavy atom. The van der Waals surface area contributed by atoms with Crippen molar-refractivity contribution in [2.24, 2.45) is 5.92 Å². The van der Waals surface area contributed by atoms with Crippen LogP contribution in [0, 0.1) is 5.92 Å². The molecule has 0 unspecified atom stereocenters. The van der Waals surface area contributed by atoms with Crippen LogP contribution >= 0.6 is 23.2 Å². The molecule has 6 nitrogen and oxygen atoms in total. The summed E-state index contributed by atoms with van der Waals surface area (Å²) in [5, 5.41) is 0.577. The molecule has 0 bridgehead atoms. The summed E-state index contributed by atoms with van der Waals surface area (Å²) in [4.78, 5) is 9.53. The lowest BCUT2D eigenvalue weighted by Crippen LogP contribution is -2.39. The Morgan fingerprint density at radius 1 is 1.13 bits per heavy atom. The summed E-state index contributed by atoms with van der Waals surface area (Å²) in [6.07, 6.45) is 4.04. The van der Waals surface area contributed by atoms with Gasteiger partial charge in [0.25, 0.3) is 0 Å². The monoisotopic (exact) mass is 466 g/mol. The van der Waals surface area contributed by atoms with Crippen molar-refractivity contribution in [3.63, 3.8) is 0 Å². The number of hydrogen-bond acceptors (Lipinski definition) is 4. The highest BCUT2D eigenvalue weighted by molar-refractivity contribution is 7.89. The van der Waals surface area contributed by atoms with E-state index in [0.717, 1.165) is 23.4 Å². The third kappa shape index (κ3) is 4.08. The predicted octanol–water partition coefficient (Wildman–Crippen LogP) is 4.96. The van der Waals surface area contributed by atoms with Gasteiger partial charge in [-0.3, -0.25) is 0 Å². The Kier molecular flexibility index (Phi) is 6.08. The number of aromatic nitrogens is 3. The SMILES string of the molecule is CC(C)Cc1nc2cccnc2n1C1CCN(S(=O)(=O)c2ccc(Cl)c(Cl)c2)CC1. The second-order valence-electron chi connectivity index (χ2n) is 8.05. The maximum Gasteiger partial charge on any atom is 0.243 e. The van der Waals surface area contributed by atoms with Crippen LogP contribution in [-0.4, -0.2) is 40.3 Å². The standard InChI is InChI=1S/C21H24Cl2N4O2S/c1-14(2)12-20-25-19-4-3-9-24-21(19)27(20)15-7-10-26(11-8-15)30(28,29)16-5-6-17(22)18(23)13-16/h3-6,9,13-15H,7-8,10-12H2,1-2H3. The number of halogens is 2. The average molecular weight is 467 g/mol. The van der Waals surface area contributed by atoms with E-state index >= 15 is 0 Å². The Balaban J connectivity index is 1.58. The van der Waals surface area contributed by atoms with Crippen molar-refractivity contribution < 1.29 is 8.42 Å². The number of nitrogens with zero attached hydrogens (tertiary/aromatic N) is 4. The highest BCUT2D eigenvalue weighted by Gasteiger charge is 2.32. The lowest BCUT2D eigenvalue weighted by Gasteiger charge is -2.33. The molecule has 1 saturated heterocycles. The van der Waals surface area contributed by atoms with Crippen molar-refractivity contribution in [1.82, 2.24) is 18.8 Å². The molecule has 1 aliphatic heterocycles. The predicted molar refractivity (Wildman–Crippen MR) is 120 cm³/mol. The van der Waals surface area contributed by atoms with Gasteiger partial charge in [-0.25, -0.2) is 18.4 Å². The van der Waals surface area contributed by atoms with Gasteiger partial charge in [0, 0.05) is 31.7 Å². The van der Waals surface area contributed by atoms with Crippen LogP contribution in [0.25, 0.3) is 11.2 Å². The van der Waals surface area contributed by atoms with Gasteiger partial charge < -0.3 is 4.57 Å². The summed E-state index contributed by atoms with van der Waals surface area (Å²) >= 11 is 12.0. The minimum atomic E-state index is -3.62. The topological polar surface area (TPSA) is 68.1 Å². The van der Waals surface area contributed by atoms with Gasteiger partial charge in [0.2, 0.25) is 10.0 Å². The number of rotatable bonds is 5. The number of imidazole rings is 1. The average Bonchev–Trinajstić information content (AvgIpc) is 3.07. The van der Waals surface area contributed by atoms with Crippen LogP contribution in [0.5, 0.6) is 0 Å². The summed E-state index contributed by atoms with van der Waals surface area (Å²) in [5.74, 6) is 1.49. The highest BCUT2D eigenvalue weighted by atomic mass is 35.5. The van der Waals surface area contributed by atoms with Gasteiger partial charge in [0.05, 0.1) is 14.9 Å². The van der Waals surface area contributed by atoms with E-state index in [1.54, 1.807) is 6.20 Å². The quantitative estimate of drug-likeness (QED) is 0.532. The molecular weight excluding hydrogens is 443 g/mol. The van der Waals surface area contributed by atoms with Crippen LogP contribution < -0.4 is 0 Å². The maximum absolute atomic E-state index is 13.1. The van der Waals surface area contributed by atoms with Crippen LogP contribution in [0.1, 0.15) is 38.6 Å². The molecule has 0 saturated carbocycles. The Morgan fingerprint density at radius 2 is 1.87 bits per heavy atom. The molecule has 0 N–H and O–H groups in total. The number of sulfonamides is 1. The minimum absolute atomic E-state index is 0.166. The summed E-state index contributed by atoms with van der Waals surface area (Å²) in [5.41, 5.74) is 1.76. The normalized spacial score (nSPS) is 16.6. The fraction of sp³-hybridized carbons (Fsp3) is 0.429. The minimum Gasteiger partial charge on any atom is -0.309 e. The molecule has 0 radical (unpaired) electrons. The second kappa shape index (κ2) is 8.46. The van der Waals surface area contributed by atoms with Gasteiger partial charge in [0.1, 0.15) is 11.3 Å². The Bertz CT molecular complexity index is 1170. The van der Waals surface area contributed by atoms with E-state index in [4.69, 9.17) is 28.2 Å². The van der Waals surface area contributed by atoms with Crippen molar-refractivity contribution in [3.8, 4) is 0 Å². The lowest BCUT2D eigenvalue weighted by molar-refractivity contribution is 0.272. The lowest BCUT2D eigenvalue weighted by atomic mass is 10.1. The first-order valence-electron chi connectivity index (χ1n) is 10.0. The number of benzene rings is 1. The van der Waals surface area contributed by atoms with E-state index in [0.29, 0.717) is 36.9 Å². The van der Waals surface area contributed by atoms with Gasteiger partial charge in [0.15, 0.2) is 5.65 Å². The van der Waals surface area contributed by atoms with Gasteiger partial charge in [-0.1, -0.05) is 37.0 Å². The van der Waals surface area contributed by atoms with E-state index in [9.17, 15) is 8.42 Å². The first kappa shape index (κ1) is 21.6. The molecule has 2 aromatic heterocycles. The summed E-state index contributed by atoms with van der Waals surface area (Å²) < 4.78 is 29.9. The summed E-state index contributed by atoms with van der Waals surface area (Å²) in [7, 11) is -3.62. The number of pyridine rings is 1. The third-order valence-electron chi connectivity index (χ3n) is 5.43. The van der Waals surface area contributed by atoms with Crippen LogP contribution in [-0.2, 0) is 16.4 Å². The Hall–Kier alpha value is -1.67. The molecule has 0 spiro atoms. The van der Waals surface area contributed by atoms with Crippen molar-refractivity contribution in [2.45, 2.75) is 44.0 Å². The smallest absolute Gasteiger partial charge is 0.243 e.